The van der Waals surface area contributed by atoms with Crippen LogP contribution < -0.4 is 24.8 Å². The first kappa shape index (κ1) is 60.2. The van der Waals surface area contributed by atoms with E-state index in [0.717, 1.165) is 25.7 Å². The molecule has 4 aromatic rings. The molecule has 2 fully saturated rings. The van der Waals surface area contributed by atoms with Crippen molar-refractivity contribution in [3.8, 4) is 22.3 Å². The van der Waals surface area contributed by atoms with E-state index < -0.39 is 0 Å². The van der Waals surface area contributed by atoms with Crippen molar-refractivity contribution >= 4 is 6.41 Å². The van der Waals surface area contributed by atoms with Crippen molar-refractivity contribution in [1.29, 1.82) is 0 Å². The van der Waals surface area contributed by atoms with E-state index in [4.69, 9.17) is 0 Å². The van der Waals surface area contributed by atoms with Gasteiger partial charge in [0, 0.05) is 0 Å². The second kappa shape index (κ2) is 27.7. The van der Waals surface area contributed by atoms with E-state index in [1.165, 1.54) is 131 Å². The fourth-order valence-electron chi connectivity index (χ4n) is 8.69. The summed E-state index contributed by atoms with van der Waals surface area (Å²) in [6.45, 7) is 27.2. The summed E-state index contributed by atoms with van der Waals surface area (Å²) in [7, 11) is 0. The van der Waals surface area contributed by atoms with Gasteiger partial charge in [-0.2, -0.15) is 59.7 Å². The number of rotatable bonds is 0. The van der Waals surface area contributed by atoms with Crippen LogP contribution in [0, 0.1) is 24.3 Å². The number of benzene rings is 4. The van der Waals surface area contributed by atoms with E-state index in [1.807, 2.05) is 24.3 Å². The molecule has 0 amide bonds. The molecule has 4 aromatic carbocycles. The zero-order chi connectivity index (χ0) is 48.1. The van der Waals surface area contributed by atoms with E-state index in [0.29, 0.717) is 0 Å². The summed E-state index contributed by atoms with van der Waals surface area (Å²) < 4.78 is 3.61. The van der Waals surface area contributed by atoms with E-state index in [-0.39, 0.29) is 46.5 Å². The van der Waals surface area contributed by atoms with Gasteiger partial charge in [-0.15, -0.1) is 35.1 Å². The van der Waals surface area contributed by atoms with Crippen LogP contribution >= 0.6 is 0 Å². The van der Waals surface area contributed by atoms with Gasteiger partial charge in [-0.3, -0.25) is 12.2 Å². The van der Waals surface area contributed by atoms with Crippen molar-refractivity contribution in [2.75, 3.05) is 0 Å². The number of hydrogen-bond acceptors (Lipinski definition) is 0. The standard InChI is InChI=1S/2C21H25.2C6H10.2C5H5.2ClH.2Zr/c2*1-20(2,3)16-7-9-18-14(12-16)11-15-13-17(21(4,5)6)8-10-19(15)18;2*1-2-4-6-5-3-1;2*1-2-4-5-3-1;;;;/h2*7-10,12H,11H2,1-6H3;2*1-5H2;2*1-3H,4H2;2*1H;;/q2*-1;;;2*-1;;;2*+2/p-2. The molecule has 0 atom stereocenters. The van der Waals surface area contributed by atoms with Gasteiger partial charge >= 0.3 is 119 Å². The van der Waals surface area contributed by atoms with Crippen LogP contribution in [0.15, 0.2) is 97.1 Å². The van der Waals surface area contributed by atoms with E-state index in [9.17, 15) is 0 Å². The number of hydrogen-bond donors (Lipinski definition) is 0. The molecule has 0 spiro atoms. The average Bonchev–Trinajstić information content (AvgIpc) is 4.12. The molecule has 68 heavy (non-hydrogen) atoms. The number of fused-ring (bicyclic) bond motifs is 6. The molecule has 0 heterocycles. The van der Waals surface area contributed by atoms with Crippen LogP contribution in [0.2, 0.25) is 0 Å². The third-order valence-corrected chi connectivity index (χ3v) is 15.5. The van der Waals surface area contributed by atoms with Crippen molar-refractivity contribution < 1.29 is 73.3 Å². The van der Waals surface area contributed by atoms with Gasteiger partial charge in [0.2, 0.25) is 0 Å². The van der Waals surface area contributed by atoms with E-state index in [2.05, 4.69) is 180 Å². The molecular weight excluding hydrogens is 1020 g/mol. The Kier molecular flexibility index (Phi) is 24.5. The number of halogens is 2. The molecule has 0 N–H and O–H groups in total. The van der Waals surface area contributed by atoms with Gasteiger partial charge in [-0.25, -0.2) is 24.3 Å². The van der Waals surface area contributed by atoms with Crippen molar-refractivity contribution in [1.82, 2.24) is 0 Å². The minimum absolute atomic E-state index is 0. The molecule has 2 saturated carbocycles. The Bertz CT molecular complexity index is 2070. The Balaban J connectivity index is 0.000000239. The SMILES string of the molecule is CC(C)(C)c1[c-]c2c(cc1)-c1ccc(C(C)(C)C)cc1C2.CC(C)(C)c1[c-]c2c(cc1)-c1ccc(C(C)(C)C)cc1C2.[C-]1=CC=CC1.[C-]1=CC=CC1.[Cl-].[Cl-].[Zr+2]=[C]1CCCCC1.[Zr+2]=[C]1CCCCC1. The quantitative estimate of drug-likeness (QED) is 0.133. The normalized spacial score (nSPS) is 15.9. The molecule has 0 aromatic heterocycles. The first-order chi connectivity index (χ1) is 31.1. The second-order valence-corrected chi connectivity index (χ2v) is 26.4. The fraction of sp³-hybridized carbons (Fsp3) is 0.469. The van der Waals surface area contributed by atoms with Crippen LogP contribution in [0.1, 0.15) is 205 Å². The molecule has 0 unspecified atom stereocenters. The van der Waals surface area contributed by atoms with Crippen molar-refractivity contribution in [2.45, 2.75) is 195 Å². The average molecular weight is 1100 g/mol. The Morgan fingerprint density at radius 1 is 0.412 bits per heavy atom. The van der Waals surface area contributed by atoms with Gasteiger partial charge < -0.3 is 24.8 Å². The summed E-state index contributed by atoms with van der Waals surface area (Å²) in [6, 6.07) is 30.3. The fourth-order valence-corrected chi connectivity index (χ4v) is 10.4. The van der Waals surface area contributed by atoms with E-state index >= 15 is 0 Å². The number of allylic oxidation sites excluding steroid dienone is 8. The molecule has 0 nitrogen and oxygen atoms in total. The molecule has 6 aliphatic rings. The van der Waals surface area contributed by atoms with Gasteiger partial charge in [0.25, 0.3) is 0 Å². The van der Waals surface area contributed by atoms with Crippen molar-refractivity contribution in [3.63, 3.8) is 0 Å². The Morgan fingerprint density at radius 2 is 0.750 bits per heavy atom. The molecule has 6 aliphatic carbocycles. The van der Waals surface area contributed by atoms with Crippen molar-refractivity contribution in [3.05, 3.63) is 166 Å². The summed E-state index contributed by atoms with van der Waals surface area (Å²) in [4.78, 5) is 0. The maximum absolute atomic E-state index is 3.67. The summed E-state index contributed by atoms with van der Waals surface area (Å²) in [5.41, 5.74) is 17.4. The molecule has 0 aliphatic heterocycles. The van der Waals surface area contributed by atoms with Crippen LogP contribution in [0.25, 0.3) is 22.3 Å². The van der Waals surface area contributed by atoms with Crippen LogP contribution in [-0.2, 0) is 83.0 Å². The Morgan fingerprint density at radius 3 is 0.985 bits per heavy atom. The first-order valence-corrected chi connectivity index (χ1v) is 27.5. The van der Waals surface area contributed by atoms with Crippen molar-refractivity contribution in [2.24, 2.45) is 0 Å². The van der Waals surface area contributed by atoms with Gasteiger partial charge in [0.1, 0.15) is 0 Å². The molecule has 0 saturated heterocycles. The molecule has 0 bridgehead atoms. The summed E-state index contributed by atoms with van der Waals surface area (Å²) in [5, 5.41) is 0. The van der Waals surface area contributed by atoms with E-state index in [1.54, 1.807) is 54.9 Å². The third-order valence-electron chi connectivity index (χ3n) is 13.0. The van der Waals surface area contributed by atoms with Crippen LogP contribution in [0.5, 0.6) is 0 Å². The van der Waals surface area contributed by atoms with Crippen LogP contribution in [0.4, 0.5) is 0 Å². The monoisotopic (exact) mass is 1100 g/mol. The molecule has 0 radical (unpaired) electrons. The molecule has 360 valence electrons. The van der Waals surface area contributed by atoms with Gasteiger partial charge in [-0.05, 0) is 56.8 Å². The summed E-state index contributed by atoms with van der Waals surface area (Å²) in [5.74, 6) is 0. The predicted molar refractivity (Wildman–Crippen MR) is 281 cm³/mol. The second-order valence-electron chi connectivity index (χ2n) is 23.0. The van der Waals surface area contributed by atoms with Gasteiger partial charge in [0.05, 0.1) is 0 Å². The van der Waals surface area contributed by atoms with Crippen LogP contribution in [0.3, 0.4) is 0 Å². The van der Waals surface area contributed by atoms with Crippen LogP contribution in [-0.4, -0.2) is 6.41 Å². The summed E-state index contributed by atoms with van der Waals surface area (Å²) in [6.07, 6.45) is 36.7. The Labute approximate surface area is 458 Å². The third kappa shape index (κ3) is 18.8. The summed E-state index contributed by atoms with van der Waals surface area (Å²) >= 11 is 3.38. The Hall–Kier alpha value is -2.07. The molecule has 4 heteroatoms. The minimum atomic E-state index is 0. The van der Waals surface area contributed by atoms with Gasteiger partial charge in [0.15, 0.2) is 0 Å². The predicted octanol–water partition coefficient (Wildman–Crippen LogP) is 11.3. The zero-order valence-electron chi connectivity index (χ0n) is 43.9. The maximum atomic E-state index is 3.67. The topological polar surface area (TPSA) is 0 Å². The first-order valence-electron chi connectivity index (χ1n) is 25.1. The van der Waals surface area contributed by atoms with Gasteiger partial charge in [-0.1, -0.05) is 131 Å². The molecular formula is C64H80Cl2Zr2-2. The zero-order valence-corrected chi connectivity index (χ0v) is 50.3. The molecule has 10 rings (SSSR count).